The van der Waals surface area contributed by atoms with E-state index in [4.69, 9.17) is 9.47 Å². The van der Waals surface area contributed by atoms with Crippen LogP contribution in [0.1, 0.15) is 39.8 Å². The van der Waals surface area contributed by atoms with Crippen LogP contribution < -0.4 is 9.47 Å². The van der Waals surface area contributed by atoms with E-state index in [0.29, 0.717) is 23.6 Å². The summed E-state index contributed by atoms with van der Waals surface area (Å²) in [6.07, 6.45) is -2.81. The Balaban J connectivity index is 1.72. The summed E-state index contributed by atoms with van der Waals surface area (Å²) in [6, 6.07) is 5.37. The van der Waals surface area contributed by atoms with Crippen molar-refractivity contribution in [2.75, 3.05) is 14.2 Å². The van der Waals surface area contributed by atoms with Crippen molar-refractivity contribution < 1.29 is 27.4 Å². The van der Waals surface area contributed by atoms with Crippen LogP contribution in [-0.4, -0.2) is 39.6 Å². The van der Waals surface area contributed by atoms with Crippen LogP contribution in [0.3, 0.4) is 0 Å². The maximum Gasteiger partial charge on any atom is 0.453 e. The second kappa shape index (κ2) is 6.47. The third-order valence-corrected chi connectivity index (χ3v) is 4.72. The van der Waals surface area contributed by atoms with Crippen LogP contribution in [0.25, 0.3) is 5.78 Å². The van der Waals surface area contributed by atoms with Crippen molar-refractivity contribution in [3.05, 3.63) is 47.0 Å². The Hall–Kier alpha value is -3.17. The summed E-state index contributed by atoms with van der Waals surface area (Å²) in [6.45, 7) is 0. The molecule has 0 saturated carbocycles. The molecule has 0 saturated heterocycles. The zero-order valence-electron chi connectivity index (χ0n) is 14.9. The molecule has 2 aromatic heterocycles. The fraction of sp³-hybridized carbons (Fsp3) is 0.333. The van der Waals surface area contributed by atoms with E-state index in [-0.39, 0.29) is 29.5 Å². The monoisotopic (exact) mass is 392 g/mol. The third kappa shape index (κ3) is 3.04. The Morgan fingerprint density at radius 1 is 1.11 bits per heavy atom. The lowest BCUT2D eigenvalue weighted by molar-refractivity contribution is -0.144. The van der Waals surface area contributed by atoms with Crippen LogP contribution >= 0.6 is 0 Å². The number of fused-ring (bicyclic) bond motifs is 2. The molecule has 146 valence electrons. The van der Waals surface area contributed by atoms with E-state index in [1.165, 1.54) is 20.4 Å². The number of carbonyl (C=O) groups is 1. The SMILES string of the molecule is COc1ccc([C@H]2CC(=O)c3cn4nc(C(F)(F)F)nc4nc3C2)cc1OC. The van der Waals surface area contributed by atoms with Gasteiger partial charge >= 0.3 is 6.18 Å². The van der Waals surface area contributed by atoms with E-state index in [0.717, 1.165) is 10.1 Å². The van der Waals surface area contributed by atoms with Crippen molar-refractivity contribution in [1.82, 2.24) is 19.6 Å². The predicted octanol–water partition coefficient (Wildman–Crippen LogP) is 3.07. The predicted molar refractivity (Wildman–Crippen MR) is 90.7 cm³/mol. The van der Waals surface area contributed by atoms with Gasteiger partial charge in [0.25, 0.3) is 11.6 Å². The normalized spacial score (nSPS) is 16.9. The van der Waals surface area contributed by atoms with Gasteiger partial charge in [-0.25, -0.2) is 9.50 Å². The number of ketones is 1. The Bertz CT molecular complexity index is 1080. The molecule has 0 N–H and O–H groups in total. The van der Waals surface area contributed by atoms with Crippen LogP contribution in [0, 0.1) is 0 Å². The van der Waals surface area contributed by atoms with Gasteiger partial charge in [-0.2, -0.15) is 18.2 Å². The number of ether oxygens (including phenoxy) is 2. The molecule has 0 bridgehead atoms. The van der Waals surface area contributed by atoms with Gasteiger partial charge in [-0.15, -0.1) is 5.10 Å². The summed E-state index contributed by atoms with van der Waals surface area (Å²) in [7, 11) is 3.05. The molecule has 1 aromatic carbocycles. The first kappa shape index (κ1) is 18.2. The Morgan fingerprint density at radius 2 is 1.86 bits per heavy atom. The highest BCUT2D eigenvalue weighted by atomic mass is 19.4. The summed E-state index contributed by atoms with van der Waals surface area (Å²) < 4.78 is 49.9. The molecule has 0 radical (unpaired) electrons. The van der Waals surface area contributed by atoms with Gasteiger partial charge in [0.1, 0.15) is 0 Å². The first-order valence-electron chi connectivity index (χ1n) is 8.38. The fourth-order valence-electron chi connectivity index (χ4n) is 3.35. The van der Waals surface area contributed by atoms with Crippen LogP contribution in [0.15, 0.2) is 24.4 Å². The van der Waals surface area contributed by atoms with Crippen LogP contribution in [0.2, 0.25) is 0 Å². The van der Waals surface area contributed by atoms with E-state index in [1.807, 2.05) is 6.07 Å². The highest BCUT2D eigenvalue weighted by molar-refractivity contribution is 5.98. The molecule has 0 fully saturated rings. The Labute approximate surface area is 157 Å². The molecule has 4 rings (SSSR count). The van der Waals surface area contributed by atoms with Gasteiger partial charge in [0.05, 0.1) is 25.5 Å². The smallest absolute Gasteiger partial charge is 0.453 e. The zero-order valence-corrected chi connectivity index (χ0v) is 14.9. The van der Waals surface area contributed by atoms with Crippen molar-refractivity contribution in [3.63, 3.8) is 0 Å². The second-order valence-corrected chi connectivity index (χ2v) is 6.42. The van der Waals surface area contributed by atoms with Crippen LogP contribution in [0.4, 0.5) is 13.2 Å². The number of aromatic nitrogens is 4. The van der Waals surface area contributed by atoms with E-state index in [2.05, 4.69) is 15.1 Å². The van der Waals surface area contributed by atoms with E-state index >= 15 is 0 Å². The summed E-state index contributed by atoms with van der Waals surface area (Å²) in [5.41, 5.74) is 1.53. The molecule has 1 aliphatic rings. The molecule has 7 nitrogen and oxygen atoms in total. The molecule has 28 heavy (non-hydrogen) atoms. The minimum absolute atomic E-state index is 0.181. The van der Waals surface area contributed by atoms with Gasteiger partial charge in [-0.05, 0) is 30.0 Å². The lowest BCUT2D eigenvalue weighted by Gasteiger charge is -2.23. The van der Waals surface area contributed by atoms with Crippen LogP contribution in [-0.2, 0) is 12.6 Å². The fourth-order valence-corrected chi connectivity index (χ4v) is 3.35. The van der Waals surface area contributed by atoms with Crippen molar-refractivity contribution in [3.8, 4) is 11.5 Å². The van der Waals surface area contributed by atoms with Crippen molar-refractivity contribution in [2.24, 2.45) is 0 Å². The molecule has 3 aromatic rings. The summed E-state index contributed by atoms with van der Waals surface area (Å²) in [5, 5.41) is 3.38. The van der Waals surface area contributed by atoms with Crippen molar-refractivity contribution in [2.45, 2.75) is 24.9 Å². The largest absolute Gasteiger partial charge is 0.493 e. The van der Waals surface area contributed by atoms with Gasteiger partial charge in [0.2, 0.25) is 0 Å². The highest BCUT2D eigenvalue weighted by Crippen LogP contribution is 2.36. The van der Waals surface area contributed by atoms with Crippen molar-refractivity contribution >= 4 is 11.6 Å². The quantitative estimate of drug-likeness (QED) is 0.682. The van der Waals surface area contributed by atoms with Gasteiger partial charge in [0.15, 0.2) is 17.3 Å². The van der Waals surface area contributed by atoms with E-state index in [1.54, 1.807) is 12.1 Å². The maximum atomic E-state index is 12.8. The Kier molecular flexibility index (Phi) is 4.20. The molecule has 0 spiro atoms. The number of rotatable bonds is 3. The average molecular weight is 392 g/mol. The molecule has 0 amide bonds. The summed E-state index contributed by atoms with van der Waals surface area (Å²) in [5.74, 6) is -0.761. The number of hydrogen-bond donors (Lipinski definition) is 0. The molecule has 1 aliphatic carbocycles. The van der Waals surface area contributed by atoms with E-state index < -0.39 is 12.0 Å². The number of alkyl halides is 3. The number of nitrogens with zero attached hydrogens (tertiary/aromatic N) is 4. The molecule has 0 unspecified atom stereocenters. The molecular formula is C18H15F3N4O3. The van der Waals surface area contributed by atoms with Gasteiger partial charge in [0, 0.05) is 12.6 Å². The van der Waals surface area contributed by atoms with Gasteiger partial charge < -0.3 is 9.47 Å². The highest BCUT2D eigenvalue weighted by Gasteiger charge is 2.37. The summed E-state index contributed by atoms with van der Waals surface area (Å²) in [4.78, 5) is 20.2. The molecule has 10 heteroatoms. The van der Waals surface area contributed by atoms with Crippen molar-refractivity contribution in [1.29, 1.82) is 0 Å². The number of benzene rings is 1. The Morgan fingerprint density at radius 3 is 2.54 bits per heavy atom. The molecule has 1 atom stereocenters. The topological polar surface area (TPSA) is 78.6 Å². The first-order chi connectivity index (χ1) is 13.3. The van der Waals surface area contributed by atoms with Crippen LogP contribution in [0.5, 0.6) is 11.5 Å². The number of Topliss-reactive ketones (excluding diaryl/α,β-unsaturated/α-hetero) is 1. The lowest BCUT2D eigenvalue weighted by Crippen LogP contribution is -2.21. The minimum Gasteiger partial charge on any atom is -0.493 e. The standard InChI is InChI=1S/C18H15F3N4O3/c1-27-14-4-3-9(7-15(14)28-2)10-5-12-11(13(26)6-10)8-25-17(22-12)23-16(24-25)18(19,20)21/h3-4,7-8,10H,5-6H2,1-2H3/t10-/m1/s1. The van der Waals surface area contributed by atoms with Gasteiger partial charge in [-0.3, -0.25) is 4.79 Å². The minimum atomic E-state index is -4.68. The first-order valence-corrected chi connectivity index (χ1v) is 8.38. The molecular weight excluding hydrogens is 377 g/mol. The second-order valence-electron chi connectivity index (χ2n) is 6.42. The average Bonchev–Trinajstić information content (AvgIpc) is 3.09. The molecule has 2 heterocycles. The number of halogens is 3. The summed E-state index contributed by atoms with van der Waals surface area (Å²) >= 11 is 0. The number of carbonyl (C=O) groups excluding carboxylic acids is 1. The van der Waals surface area contributed by atoms with Gasteiger partial charge in [-0.1, -0.05) is 6.07 Å². The maximum absolute atomic E-state index is 12.8. The number of methoxy groups -OCH3 is 2. The third-order valence-electron chi connectivity index (χ3n) is 4.72. The molecule has 0 aliphatic heterocycles. The zero-order chi connectivity index (χ0) is 20.1. The lowest BCUT2D eigenvalue weighted by atomic mass is 9.82. The number of hydrogen-bond acceptors (Lipinski definition) is 6. The van der Waals surface area contributed by atoms with E-state index in [9.17, 15) is 18.0 Å².